The average Bonchev–Trinajstić information content (AvgIpc) is 2.96. The van der Waals surface area contributed by atoms with Crippen LogP contribution in [0.2, 0.25) is 5.02 Å². The van der Waals surface area contributed by atoms with Gasteiger partial charge in [0.25, 0.3) is 0 Å². The van der Waals surface area contributed by atoms with Crippen LogP contribution in [0.5, 0.6) is 0 Å². The van der Waals surface area contributed by atoms with Gasteiger partial charge >= 0.3 is 0 Å². The molecule has 0 aromatic heterocycles. The number of halogens is 2. The summed E-state index contributed by atoms with van der Waals surface area (Å²) in [4.78, 5) is 13.9. The van der Waals surface area contributed by atoms with Crippen LogP contribution in [0.25, 0.3) is 0 Å². The largest absolute Gasteiger partial charge is 0.361 e. The lowest BCUT2D eigenvalue weighted by Crippen LogP contribution is -2.30. The van der Waals surface area contributed by atoms with E-state index in [1.807, 2.05) is 17.8 Å². The minimum absolute atomic E-state index is 0.0834. The average molecular weight is 397 g/mol. The molecule has 0 bridgehead atoms. The Labute approximate surface area is 147 Å². The molecule has 1 aromatic rings. The molecule has 2 heterocycles. The summed E-state index contributed by atoms with van der Waals surface area (Å²) < 4.78 is 0.890. The lowest BCUT2D eigenvalue weighted by molar-refractivity contribution is -0.116. The quantitative estimate of drug-likeness (QED) is 0.712. The fraction of sp³-hybridized carbons (Fsp3) is 0.353. The molecule has 0 amide bonds. The Balaban J connectivity index is 1.87. The van der Waals surface area contributed by atoms with Gasteiger partial charge in [-0.2, -0.15) is 0 Å². The number of thioether (sulfide) groups is 1. The predicted octanol–water partition coefficient (Wildman–Crippen LogP) is 5.14. The number of hydrogen-bond acceptors (Lipinski definition) is 3. The molecule has 0 radical (unpaired) electrons. The molecule has 5 heteroatoms. The Bertz CT molecular complexity index is 740. The van der Waals surface area contributed by atoms with Crippen molar-refractivity contribution in [2.75, 3.05) is 5.75 Å². The summed E-state index contributed by atoms with van der Waals surface area (Å²) in [6.45, 7) is 0. The minimum atomic E-state index is 0.0834. The maximum atomic E-state index is 12.6. The molecule has 4 rings (SSSR count). The van der Waals surface area contributed by atoms with Crippen LogP contribution in [-0.4, -0.2) is 11.5 Å². The monoisotopic (exact) mass is 395 g/mol. The van der Waals surface area contributed by atoms with Crippen molar-refractivity contribution in [1.82, 2.24) is 5.32 Å². The van der Waals surface area contributed by atoms with Gasteiger partial charge in [-0.25, -0.2) is 0 Å². The molecule has 0 fully saturated rings. The molecule has 1 aliphatic carbocycles. The molecule has 1 atom stereocenters. The number of Topliss-reactive ketones (excluding diaryl/α,β-unsaturated/α-hetero) is 1. The molecule has 3 aliphatic rings. The molecule has 2 aliphatic heterocycles. The first-order chi connectivity index (χ1) is 10.6. The molecule has 0 saturated heterocycles. The smallest absolute Gasteiger partial charge is 0.161 e. The number of allylic oxidation sites excluding steroid dienone is 4. The third-order valence-electron chi connectivity index (χ3n) is 4.49. The van der Waals surface area contributed by atoms with Gasteiger partial charge < -0.3 is 5.32 Å². The van der Waals surface area contributed by atoms with Crippen molar-refractivity contribution in [3.05, 3.63) is 55.1 Å². The van der Waals surface area contributed by atoms with E-state index in [-0.39, 0.29) is 5.92 Å². The van der Waals surface area contributed by atoms with Gasteiger partial charge in [0.05, 0.1) is 5.02 Å². The van der Waals surface area contributed by atoms with Gasteiger partial charge in [0.2, 0.25) is 0 Å². The number of carbonyl (C=O) groups is 1. The van der Waals surface area contributed by atoms with E-state index in [1.54, 1.807) is 0 Å². The maximum Gasteiger partial charge on any atom is 0.161 e. The molecule has 0 saturated carbocycles. The fourth-order valence-electron chi connectivity index (χ4n) is 3.51. The van der Waals surface area contributed by atoms with Gasteiger partial charge in [0, 0.05) is 44.4 Å². The van der Waals surface area contributed by atoms with E-state index < -0.39 is 0 Å². The van der Waals surface area contributed by atoms with Crippen LogP contribution < -0.4 is 5.32 Å². The molecule has 1 unspecified atom stereocenters. The summed E-state index contributed by atoms with van der Waals surface area (Å²) in [5.74, 6) is 1.47. The van der Waals surface area contributed by atoms with Gasteiger partial charge in [-0.15, -0.1) is 11.8 Å². The number of hydrogen-bond donors (Lipinski definition) is 1. The van der Waals surface area contributed by atoms with Crippen LogP contribution in [-0.2, 0) is 4.79 Å². The van der Waals surface area contributed by atoms with Crippen molar-refractivity contribution in [2.24, 2.45) is 0 Å². The number of dihydropyridines is 1. The highest BCUT2D eigenvalue weighted by Crippen LogP contribution is 2.50. The third-order valence-corrected chi connectivity index (χ3v) is 6.91. The second-order valence-corrected chi connectivity index (χ2v) is 8.24. The van der Waals surface area contributed by atoms with Crippen LogP contribution in [0.1, 0.15) is 37.2 Å². The first-order valence-electron chi connectivity index (χ1n) is 7.49. The van der Waals surface area contributed by atoms with Crippen molar-refractivity contribution in [3.8, 4) is 0 Å². The molecule has 0 spiro atoms. The Hall–Kier alpha value is -0.710. The molecule has 114 valence electrons. The van der Waals surface area contributed by atoms with Crippen LogP contribution >= 0.6 is 39.3 Å². The number of rotatable bonds is 1. The molecule has 2 nitrogen and oxygen atoms in total. The third kappa shape index (κ3) is 2.36. The Morgan fingerprint density at radius 3 is 2.91 bits per heavy atom. The summed E-state index contributed by atoms with van der Waals surface area (Å²) in [5, 5.41) is 4.26. The standard InChI is InChI=1S/C17H15BrClNOS/c18-10-8-9(4-5-11(10)19)15-16-12(2-1-3-14(16)21)20-13-6-7-22-17(13)15/h4-5,8,15,20H,1-3,6-7H2. The highest BCUT2D eigenvalue weighted by Gasteiger charge is 2.38. The molecule has 1 aromatic carbocycles. The highest BCUT2D eigenvalue weighted by atomic mass is 79.9. The van der Waals surface area contributed by atoms with Crippen molar-refractivity contribution in [1.29, 1.82) is 0 Å². The molecule has 1 N–H and O–H groups in total. The van der Waals surface area contributed by atoms with Crippen LogP contribution in [0.4, 0.5) is 0 Å². The second-order valence-electron chi connectivity index (χ2n) is 5.84. The Morgan fingerprint density at radius 2 is 2.09 bits per heavy atom. The van der Waals surface area contributed by atoms with Crippen LogP contribution in [0, 0.1) is 0 Å². The summed E-state index contributed by atoms with van der Waals surface area (Å²) in [6, 6.07) is 6.03. The second kappa shape index (κ2) is 5.73. The van der Waals surface area contributed by atoms with Crippen LogP contribution in [0.15, 0.2) is 44.5 Å². The number of nitrogens with one attached hydrogen (secondary N) is 1. The van der Waals surface area contributed by atoms with Gasteiger partial charge in [-0.3, -0.25) is 4.79 Å². The number of carbonyl (C=O) groups excluding carboxylic acids is 1. The molecule has 22 heavy (non-hydrogen) atoms. The molecular weight excluding hydrogens is 382 g/mol. The lowest BCUT2D eigenvalue weighted by atomic mass is 9.79. The van der Waals surface area contributed by atoms with E-state index in [1.165, 1.54) is 10.6 Å². The lowest BCUT2D eigenvalue weighted by Gasteiger charge is -2.33. The van der Waals surface area contributed by atoms with Crippen molar-refractivity contribution in [3.63, 3.8) is 0 Å². The predicted molar refractivity (Wildman–Crippen MR) is 95.0 cm³/mol. The van der Waals surface area contributed by atoms with E-state index in [0.29, 0.717) is 17.2 Å². The van der Waals surface area contributed by atoms with E-state index in [2.05, 4.69) is 33.4 Å². The zero-order valence-corrected chi connectivity index (χ0v) is 15.1. The fourth-order valence-corrected chi connectivity index (χ4v) is 5.29. The normalized spacial score (nSPS) is 24.3. The van der Waals surface area contributed by atoms with Gasteiger partial charge in [0.15, 0.2) is 5.78 Å². The first-order valence-corrected chi connectivity index (χ1v) is 9.65. The minimum Gasteiger partial charge on any atom is -0.361 e. The highest BCUT2D eigenvalue weighted by molar-refractivity contribution is 9.10. The van der Waals surface area contributed by atoms with E-state index >= 15 is 0 Å². The zero-order chi connectivity index (χ0) is 15.3. The first kappa shape index (κ1) is 14.9. The van der Waals surface area contributed by atoms with Crippen molar-refractivity contribution >= 4 is 45.1 Å². The summed E-state index contributed by atoms with van der Waals surface area (Å²) in [5.41, 5.74) is 4.60. The van der Waals surface area contributed by atoms with Crippen molar-refractivity contribution in [2.45, 2.75) is 31.6 Å². The van der Waals surface area contributed by atoms with Gasteiger partial charge in [0.1, 0.15) is 0 Å². The summed E-state index contributed by atoms with van der Waals surface area (Å²) >= 11 is 11.5. The van der Waals surface area contributed by atoms with E-state index in [0.717, 1.165) is 46.3 Å². The Morgan fingerprint density at radius 1 is 1.23 bits per heavy atom. The van der Waals surface area contributed by atoms with E-state index in [9.17, 15) is 4.79 Å². The number of ketones is 1. The van der Waals surface area contributed by atoms with Crippen LogP contribution in [0.3, 0.4) is 0 Å². The number of benzene rings is 1. The van der Waals surface area contributed by atoms with Crippen molar-refractivity contribution < 1.29 is 4.79 Å². The van der Waals surface area contributed by atoms with E-state index in [4.69, 9.17) is 11.6 Å². The summed E-state index contributed by atoms with van der Waals surface area (Å²) in [6.07, 6.45) is 3.67. The van der Waals surface area contributed by atoms with Gasteiger partial charge in [-0.05, 0) is 52.9 Å². The zero-order valence-electron chi connectivity index (χ0n) is 11.9. The summed E-state index contributed by atoms with van der Waals surface area (Å²) in [7, 11) is 0. The SMILES string of the molecule is O=C1CCCC2=C1C(c1ccc(Cl)c(Br)c1)C1=C(CCS1)N2. The Kier molecular flexibility index (Phi) is 3.87. The maximum absolute atomic E-state index is 12.6. The topological polar surface area (TPSA) is 29.1 Å². The molecular formula is C17H15BrClNOS. The van der Waals surface area contributed by atoms with Gasteiger partial charge in [-0.1, -0.05) is 17.7 Å².